The van der Waals surface area contributed by atoms with Crippen molar-refractivity contribution >= 4 is 6.29 Å². The van der Waals surface area contributed by atoms with Gasteiger partial charge in [-0.1, -0.05) is 32.1 Å². The van der Waals surface area contributed by atoms with Gasteiger partial charge in [-0.05, 0) is 26.4 Å². The summed E-state index contributed by atoms with van der Waals surface area (Å²) >= 11 is 0. The number of hydrogen-bond donors (Lipinski definition) is 0. The highest BCUT2D eigenvalue weighted by Crippen LogP contribution is 2.27. The van der Waals surface area contributed by atoms with Gasteiger partial charge in [-0.15, -0.1) is 0 Å². The van der Waals surface area contributed by atoms with Crippen LogP contribution in [-0.2, 0) is 4.79 Å². The Labute approximate surface area is 81.3 Å². The van der Waals surface area contributed by atoms with Crippen LogP contribution in [0.3, 0.4) is 0 Å². The second kappa shape index (κ2) is 5.38. The summed E-state index contributed by atoms with van der Waals surface area (Å²) in [6.45, 7) is 0. The van der Waals surface area contributed by atoms with Crippen LogP contribution in [0, 0.1) is 5.92 Å². The average molecular weight is 183 g/mol. The van der Waals surface area contributed by atoms with E-state index in [0.717, 1.165) is 18.6 Å². The molecule has 0 heterocycles. The summed E-state index contributed by atoms with van der Waals surface area (Å²) in [5.74, 6) is 0.798. The van der Waals surface area contributed by atoms with Gasteiger partial charge in [0, 0.05) is 0 Å². The second-order valence-electron chi connectivity index (χ2n) is 4.41. The van der Waals surface area contributed by atoms with Crippen molar-refractivity contribution in [1.29, 1.82) is 0 Å². The standard InChI is InChI=1S/C11H21NO/c1-12(2)11(9-13)8-10-6-4-3-5-7-10/h9-11H,3-8H2,1-2H3/t11-/m1/s1. The van der Waals surface area contributed by atoms with E-state index < -0.39 is 0 Å². The Morgan fingerprint density at radius 1 is 1.31 bits per heavy atom. The highest BCUT2D eigenvalue weighted by Gasteiger charge is 2.19. The molecule has 0 spiro atoms. The van der Waals surface area contributed by atoms with Gasteiger partial charge in [0.15, 0.2) is 0 Å². The van der Waals surface area contributed by atoms with E-state index in [4.69, 9.17) is 0 Å². The summed E-state index contributed by atoms with van der Waals surface area (Å²) < 4.78 is 0. The van der Waals surface area contributed by atoms with Gasteiger partial charge >= 0.3 is 0 Å². The van der Waals surface area contributed by atoms with Gasteiger partial charge in [-0.2, -0.15) is 0 Å². The molecule has 0 aromatic carbocycles. The Morgan fingerprint density at radius 2 is 1.92 bits per heavy atom. The molecule has 0 aromatic heterocycles. The molecule has 1 aliphatic carbocycles. The molecular formula is C11H21NO. The fourth-order valence-electron chi connectivity index (χ4n) is 2.15. The summed E-state index contributed by atoms with van der Waals surface area (Å²) in [7, 11) is 3.98. The third-order valence-corrected chi connectivity index (χ3v) is 3.12. The number of carbonyl (C=O) groups is 1. The number of carbonyl (C=O) groups excluding carboxylic acids is 1. The summed E-state index contributed by atoms with van der Waals surface area (Å²) in [6.07, 6.45) is 8.94. The fraction of sp³-hybridized carbons (Fsp3) is 0.909. The molecule has 0 amide bonds. The molecule has 0 bridgehead atoms. The van der Waals surface area contributed by atoms with E-state index in [2.05, 4.69) is 0 Å². The van der Waals surface area contributed by atoms with Crippen LogP contribution in [0.5, 0.6) is 0 Å². The molecule has 0 N–H and O–H groups in total. The SMILES string of the molecule is CN(C)[C@@H](C=O)CC1CCCCC1. The number of rotatable bonds is 4. The molecule has 1 rings (SSSR count). The molecule has 0 aliphatic heterocycles. The van der Waals surface area contributed by atoms with Crippen LogP contribution in [0.2, 0.25) is 0 Å². The Balaban J connectivity index is 2.31. The zero-order valence-corrected chi connectivity index (χ0v) is 8.83. The minimum atomic E-state index is 0.142. The van der Waals surface area contributed by atoms with Gasteiger partial charge in [-0.3, -0.25) is 4.90 Å². The molecule has 0 saturated heterocycles. The molecule has 76 valence electrons. The largest absolute Gasteiger partial charge is 0.302 e. The molecule has 1 fully saturated rings. The number of likely N-dealkylation sites (N-methyl/N-ethyl adjacent to an activating group) is 1. The highest BCUT2D eigenvalue weighted by molar-refractivity contribution is 5.57. The van der Waals surface area contributed by atoms with Crippen molar-refractivity contribution in [2.45, 2.75) is 44.6 Å². The molecular weight excluding hydrogens is 162 g/mol. The van der Waals surface area contributed by atoms with Crippen LogP contribution in [0.15, 0.2) is 0 Å². The maximum atomic E-state index is 10.8. The van der Waals surface area contributed by atoms with E-state index in [0.29, 0.717) is 0 Å². The van der Waals surface area contributed by atoms with Crippen molar-refractivity contribution in [2.75, 3.05) is 14.1 Å². The zero-order chi connectivity index (χ0) is 9.68. The third-order valence-electron chi connectivity index (χ3n) is 3.12. The van der Waals surface area contributed by atoms with Crippen molar-refractivity contribution in [2.24, 2.45) is 5.92 Å². The molecule has 0 aromatic rings. The minimum Gasteiger partial charge on any atom is -0.302 e. The lowest BCUT2D eigenvalue weighted by Gasteiger charge is -2.27. The predicted molar refractivity (Wildman–Crippen MR) is 54.7 cm³/mol. The Morgan fingerprint density at radius 3 is 2.38 bits per heavy atom. The predicted octanol–water partition coefficient (Wildman–Crippen LogP) is 2.09. The number of hydrogen-bond acceptors (Lipinski definition) is 2. The topological polar surface area (TPSA) is 20.3 Å². The Kier molecular flexibility index (Phi) is 4.43. The number of aldehydes is 1. The minimum absolute atomic E-state index is 0.142. The van der Waals surface area contributed by atoms with Crippen LogP contribution < -0.4 is 0 Å². The van der Waals surface area contributed by atoms with E-state index in [9.17, 15) is 4.79 Å². The molecule has 1 atom stereocenters. The molecule has 1 aliphatic rings. The average Bonchev–Trinajstić information content (AvgIpc) is 2.15. The lowest BCUT2D eigenvalue weighted by molar-refractivity contribution is -0.112. The first-order chi connectivity index (χ1) is 6.24. The second-order valence-corrected chi connectivity index (χ2v) is 4.41. The number of nitrogens with zero attached hydrogens (tertiary/aromatic N) is 1. The van der Waals surface area contributed by atoms with E-state index in [-0.39, 0.29) is 6.04 Å². The third kappa shape index (κ3) is 3.47. The highest BCUT2D eigenvalue weighted by atomic mass is 16.1. The first kappa shape index (κ1) is 10.7. The van der Waals surface area contributed by atoms with E-state index in [1.165, 1.54) is 32.1 Å². The summed E-state index contributed by atoms with van der Waals surface area (Å²) in [5, 5.41) is 0. The van der Waals surface area contributed by atoms with Gasteiger partial charge in [0.1, 0.15) is 6.29 Å². The van der Waals surface area contributed by atoms with Gasteiger partial charge in [0.25, 0.3) is 0 Å². The first-order valence-electron chi connectivity index (χ1n) is 5.35. The van der Waals surface area contributed by atoms with E-state index in [1.807, 2.05) is 19.0 Å². The van der Waals surface area contributed by atoms with Crippen molar-refractivity contribution in [3.8, 4) is 0 Å². The first-order valence-corrected chi connectivity index (χ1v) is 5.35. The zero-order valence-electron chi connectivity index (χ0n) is 8.83. The molecule has 2 nitrogen and oxygen atoms in total. The van der Waals surface area contributed by atoms with Crippen LogP contribution >= 0.6 is 0 Å². The van der Waals surface area contributed by atoms with Gasteiger partial charge in [-0.25, -0.2) is 0 Å². The smallest absolute Gasteiger partial charge is 0.137 e. The normalized spacial score (nSPS) is 21.8. The molecule has 0 unspecified atom stereocenters. The summed E-state index contributed by atoms with van der Waals surface area (Å²) in [5.41, 5.74) is 0. The van der Waals surface area contributed by atoms with Crippen molar-refractivity contribution in [3.05, 3.63) is 0 Å². The van der Waals surface area contributed by atoms with Gasteiger partial charge in [0.05, 0.1) is 6.04 Å². The molecule has 2 heteroatoms. The van der Waals surface area contributed by atoms with Crippen molar-refractivity contribution in [3.63, 3.8) is 0 Å². The van der Waals surface area contributed by atoms with Gasteiger partial charge in [0.2, 0.25) is 0 Å². The fourth-order valence-corrected chi connectivity index (χ4v) is 2.15. The Hall–Kier alpha value is -0.370. The molecule has 13 heavy (non-hydrogen) atoms. The lowest BCUT2D eigenvalue weighted by Crippen LogP contribution is -2.31. The van der Waals surface area contributed by atoms with E-state index >= 15 is 0 Å². The maximum absolute atomic E-state index is 10.8. The van der Waals surface area contributed by atoms with E-state index in [1.54, 1.807) is 0 Å². The summed E-state index contributed by atoms with van der Waals surface area (Å²) in [6, 6.07) is 0.142. The maximum Gasteiger partial charge on any atom is 0.137 e. The quantitative estimate of drug-likeness (QED) is 0.622. The van der Waals surface area contributed by atoms with Crippen molar-refractivity contribution < 1.29 is 4.79 Å². The Bertz CT molecular complexity index is 150. The molecule has 0 radical (unpaired) electrons. The van der Waals surface area contributed by atoms with Gasteiger partial charge < -0.3 is 4.79 Å². The van der Waals surface area contributed by atoms with Crippen LogP contribution in [0.1, 0.15) is 38.5 Å². The lowest BCUT2D eigenvalue weighted by atomic mass is 9.85. The molecule has 1 saturated carbocycles. The van der Waals surface area contributed by atoms with Crippen LogP contribution in [-0.4, -0.2) is 31.3 Å². The van der Waals surface area contributed by atoms with Crippen LogP contribution in [0.25, 0.3) is 0 Å². The van der Waals surface area contributed by atoms with Crippen molar-refractivity contribution in [1.82, 2.24) is 4.90 Å². The van der Waals surface area contributed by atoms with Crippen LogP contribution in [0.4, 0.5) is 0 Å². The monoisotopic (exact) mass is 183 g/mol. The summed E-state index contributed by atoms with van der Waals surface area (Å²) in [4.78, 5) is 12.8.